The summed E-state index contributed by atoms with van der Waals surface area (Å²) >= 11 is 0. The smallest absolute Gasteiger partial charge is 0.330 e. The van der Waals surface area contributed by atoms with Gasteiger partial charge in [0, 0.05) is 12.5 Å². The van der Waals surface area contributed by atoms with Gasteiger partial charge in [-0.2, -0.15) is 0 Å². The van der Waals surface area contributed by atoms with Gasteiger partial charge in [-0.3, -0.25) is 9.59 Å². The van der Waals surface area contributed by atoms with Crippen LogP contribution in [-0.2, 0) is 19.1 Å². The first-order valence-corrected chi connectivity index (χ1v) is 10.5. The summed E-state index contributed by atoms with van der Waals surface area (Å²) in [4.78, 5) is 33.2. The third-order valence-electron chi connectivity index (χ3n) is 4.06. The topological polar surface area (TPSA) is 101 Å². The van der Waals surface area contributed by atoms with Crippen LogP contribution in [0.3, 0.4) is 0 Å². The summed E-state index contributed by atoms with van der Waals surface area (Å²) in [6.45, 7) is 0.432. The number of carboxylic acids is 2. The van der Waals surface area contributed by atoms with Crippen molar-refractivity contribution in [2.45, 2.75) is 63.9 Å². The van der Waals surface area contributed by atoms with Crippen LogP contribution in [0.15, 0.2) is 36.5 Å². The second-order valence-electron chi connectivity index (χ2n) is 8.28. The van der Waals surface area contributed by atoms with E-state index in [1.54, 1.807) is 6.08 Å². The SMILES string of the molecule is C[N+](C)(C)CC(CC(=O)O)OC(=O)/C=C/C/C=C/CC/C=C/CCCCCC(=O)O. The minimum atomic E-state index is -0.986. The van der Waals surface area contributed by atoms with Crippen LogP contribution in [0.4, 0.5) is 0 Å². The molecule has 30 heavy (non-hydrogen) atoms. The summed E-state index contributed by atoms with van der Waals surface area (Å²) in [7, 11) is 5.75. The summed E-state index contributed by atoms with van der Waals surface area (Å²) in [5.74, 6) is -2.24. The second-order valence-corrected chi connectivity index (χ2v) is 8.28. The van der Waals surface area contributed by atoms with Crippen molar-refractivity contribution < 1.29 is 33.8 Å². The predicted molar refractivity (Wildman–Crippen MR) is 117 cm³/mol. The predicted octanol–water partition coefficient (Wildman–Crippen LogP) is 3.95. The Bertz CT molecular complexity index is 601. The number of allylic oxidation sites excluding steroid dienone is 5. The Hall–Kier alpha value is -2.41. The van der Waals surface area contributed by atoms with Crippen LogP contribution in [0, 0.1) is 0 Å². The molecule has 0 heterocycles. The number of carbonyl (C=O) groups excluding carboxylic acids is 1. The maximum Gasteiger partial charge on any atom is 0.330 e. The van der Waals surface area contributed by atoms with Gasteiger partial charge in [-0.1, -0.05) is 36.8 Å². The lowest BCUT2D eigenvalue weighted by molar-refractivity contribution is -0.873. The Labute approximate surface area is 180 Å². The number of quaternary nitrogens is 1. The van der Waals surface area contributed by atoms with Gasteiger partial charge in [0.2, 0.25) is 0 Å². The van der Waals surface area contributed by atoms with Crippen molar-refractivity contribution in [2.75, 3.05) is 27.7 Å². The monoisotopic (exact) mass is 424 g/mol. The summed E-state index contributed by atoms with van der Waals surface area (Å²) in [5, 5.41) is 17.5. The third-order valence-corrected chi connectivity index (χ3v) is 4.06. The molecule has 0 aliphatic rings. The van der Waals surface area contributed by atoms with Gasteiger partial charge < -0.3 is 19.4 Å². The highest BCUT2D eigenvalue weighted by atomic mass is 16.5. The zero-order valence-electron chi connectivity index (χ0n) is 18.6. The Morgan fingerprint density at radius 2 is 1.47 bits per heavy atom. The molecule has 2 N–H and O–H groups in total. The molecule has 0 aromatic carbocycles. The van der Waals surface area contributed by atoms with E-state index in [2.05, 4.69) is 18.2 Å². The van der Waals surface area contributed by atoms with E-state index in [-0.39, 0.29) is 12.8 Å². The average Bonchev–Trinajstić information content (AvgIpc) is 2.59. The Balaban J connectivity index is 3.94. The van der Waals surface area contributed by atoms with Gasteiger partial charge in [0.15, 0.2) is 6.10 Å². The number of hydrogen-bond acceptors (Lipinski definition) is 4. The van der Waals surface area contributed by atoms with Crippen LogP contribution in [0.25, 0.3) is 0 Å². The van der Waals surface area contributed by atoms with Crippen LogP contribution < -0.4 is 0 Å². The molecular formula is C23H38NO6+. The zero-order valence-corrected chi connectivity index (χ0v) is 18.6. The molecule has 0 rings (SSSR count). The number of hydrogen-bond donors (Lipinski definition) is 2. The quantitative estimate of drug-likeness (QED) is 0.121. The Kier molecular flexibility index (Phi) is 15.1. The van der Waals surface area contributed by atoms with E-state index in [1.165, 1.54) is 6.08 Å². The molecule has 0 fully saturated rings. The lowest BCUT2D eigenvalue weighted by Gasteiger charge is -2.28. The number of rotatable bonds is 17. The fraction of sp³-hybridized carbons (Fsp3) is 0.609. The molecule has 0 aliphatic carbocycles. The third kappa shape index (κ3) is 20.3. The van der Waals surface area contributed by atoms with Gasteiger partial charge >= 0.3 is 17.9 Å². The number of likely N-dealkylation sites (N-methyl/N-ethyl adjacent to an activating group) is 1. The van der Waals surface area contributed by atoms with Crippen LogP contribution >= 0.6 is 0 Å². The molecule has 0 amide bonds. The fourth-order valence-corrected chi connectivity index (χ4v) is 2.75. The molecule has 0 saturated carbocycles. The van der Waals surface area contributed by atoms with Crippen LogP contribution in [-0.4, -0.2) is 66.4 Å². The summed E-state index contributed by atoms with van der Waals surface area (Å²) in [5.41, 5.74) is 0. The van der Waals surface area contributed by atoms with Crippen LogP contribution in [0.2, 0.25) is 0 Å². The minimum absolute atomic E-state index is 0.204. The molecule has 0 aromatic rings. The van der Waals surface area contributed by atoms with Gasteiger partial charge in [-0.15, -0.1) is 0 Å². The summed E-state index contributed by atoms with van der Waals surface area (Å²) in [6, 6.07) is 0. The highest BCUT2D eigenvalue weighted by Gasteiger charge is 2.23. The van der Waals surface area contributed by atoms with Gasteiger partial charge in [-0.05, 0) is 38.5 Å². The lowest BCUT2D eigenvalue weighted by atomic mass is 10.1. The highest BCUT2D eigenvalue weighted by molar-refractivity contribution is 5.82. The molecular weight excluding hydrogens is 386 g/mol. The van der Waals surface area contributed by atoms with E-state index < -0.39 is 24.0 Å². The molecule has 7 nitrogen and oxygen atoms in total. The summed E-state index contributed by atoms with van der Waals surface area (Å²) < 4.78 is 5.78. The number of unbranched alkanes of at least 4 members (excludes halogenated alkanes) is 4. The molecule has 1 atom stereocenters. The number of nitrogens with zero attached hydrogens (tertiary/aromatic N) is 1. The first kappa shape index (κ1) is 27.6. The van der Waals surface area contributed by atoms with Crippen molar-refractivity contribution in [3.05, 3.63) is 36.5 Å². The van der Waals surface area contributed by atoms with E-state index in [4.69, 9.17) is 14.9 Å². The Morgan fingerprint density at radius 1 is 0.833 bits per heavy atom. The van der Waals surface area contributed by atoms with Crippen molar-refractivity contribution in [3.8, 4) is 0 Å². The van der Waals surface area contributed by atoms with Crippen molar-refractivity contribution in [2.24, 2.45) is 0 Å². The number of esters is 1. The number of aliphatic carboxylic acids is 2. The zero-order chi connectivity index (χ0) is 22.8. The molecule has 7 heteroatoms. The first-order chi connectivity index (χ1) is 14.1. The van der Waals surface area contributed by atoms with Gasteiger partial charge in [-0.25, -0.2) is 4.79 Å². The molecule has 170 valence electrons. The molecule has 0 bridgehead atoms. The Morgan fingerprint density at radius 3 is 2.07 bits per heavy atom. The molecule has 0 spiro atoms. The van der Waals surface area contributed by atoms with Gasteiger partial charge in [0.1, 0.15) is 6.54 Å². The normalized spacial score (nSPS) is 13.3. The molecule has 0 saturated heterocycles. The number of ether oxygens (including phenoxy) is 1. The highest BCUT2D eigenvalue weighted by Crippen LogP contribution is 2.07. The molecule has 1 unspecified atom stereocenters. The van der Waals surface area contributed by atoms with Gasteiger partial charge in [0.25, 0.3) is 0 Å². The van der Waals surface area contributed by atoms with Crippen molar-refractivity contribution >= 4 is 17.9 Å². The van der Waals surface area contributed by atoms with Crippen LogP contribution in [0.1, 0.15) is 57.8 Å². The van der Waals surface area contributed by atoms with Gasteiger partial charge in [0.05, 0.1) is 27.6 Å². The largest absolute Gasteiger partial charge is 0.481 e. The van der Waals surface area contributed by atoms with Crippen molar-refractivity contribution in [1.29, 1.82) is 0 Å². The van der Waals surface area contributed by atoms with E-state index in [0.29, 0.717) is 17.4 Å². The standard InChI is InChI=1S/C23H37NO6/c1-24(2,3)19-20(18-22(27)28)30-23(29)17-15-13-11-9-7-5-4-6-8-10-12-14-16-21(25)26/h4,6,9,11,15,17,20H,5,7-8,10,12-14,16,18-19H2,1-3H3,(H-,25,26,27,28)/p+1/b6-4+,11-9+,17-15+. The van der Waals surface area contributed by atoms with Crippen LogP contribution in [0.5, 0.6) is 0 Å². The molecule has 0 aliphatic heterocycles. The molecule has 0 radical (unpaired) electrons. The number of carboxylic acid groups (broad SMARTS) is 2. The number of carbonyl (C=O) groups is 3. The average molecular weight is 425 g/mol. The van der Waals surface area contributed by atoms with Crippen molar-refractivity contribution in [3.63, 3.8) is 0 Å². The van der Waals surface area contributed by atoms with Crippen molar-refractivity contribution in [1.82, 2.24) is 0 Å². The maximum atomic E-state index is 11.9. The van der Waals surface area contributed by atoms with E-state index in [1.807, 2.05) is 27.2 Å². The van der Waals surface area contributed by atoms with E-state index >= 15 is 0 Å². The fourth-order valence-electron chi connectivity index (χ4n) is 2.75. The van der Waals surface area contributed by atoms with E-state index in [9.17, 15) is 14.4 Å². The minimum Gasteiger partial charge on any atom is -0.481 e. The van der Waals surface area contributed by atoms with E-state index in [0.717, 1.165) is 38.5 Å². The molecule has 0 aromatic heterocycles. The lowest BCUT2D eigenvalue weighted by Crippen LogP contribution is -2.43. The summed E-state index contributed by atoms with van der Waals surface area (Å²) in [6.07, 6.45) is 16.9. The maximum absolute atomic E-state index is 11.9. The first-order valence-electron chi connectivity index (χ1n) is 10.5. The second kappa shape index (κ2) is 16.4.